The molecule has 0 spiro atoms. The number of imidazole rings is 1. The molecule has 3 aromatic rings. The van der Waals surface area contributed by atoms with Crippen molar-refractivity contribution in [2.75, 3.05) is 7.11 Å². The second kappa shape index (κ2) is 11.7. The Hall–Kier alpha value is -2.27. The van der Waals surface area contributed by atoms with Crippen LogP contribution in [0.1, 0.15) is 101 Å². The predicted molar refractivity (Wildman–Crippen MR) is 141 cm³/mol. The van der Waals surface area contributed by atoms with Crippen LogP contribution in [0, 0.1) is 0 Å². The highest BCUT2D eigenvalue weighted by molar-refractivity contribution is 7.59. The highest BCUT2D eigenvalue weighted by Gasteiger charge is 2.30. The lowest BCUT2D eigenvalue weighted by molar-refractivity contribution is -0.603. The molecule has 3 nitrogen and oxygen atoms in total. The van der Waals surface area contributed by atoms with Gasteiger partial charge in [-0.1, -0.05) is 91.8 Å². The van der Waals surface area contributed by atoms with E-state index in [1.54, 1.807) is 7.11 Å². The molecule has 0 atom stereocenters. The first-order valence-electron chi connectivity index (χ1n) is 11.6. The molecule has 5 heteroatoms. The molecule has 1 aromatic heterocycles. The molecule has 0 radical (unpaired) electrons. The van der Waals surface area contributed by atoms with Gasteiger partial charge < -0.3 is 9.44 Å². The maximum absolute atomic E-state index is 6.09. The minimum absolute atomic E-state index is 0. The van der Waals surface area contributed by atoms with Gasteiger partial charge >= 0.3 is 6.01 Å². The van der Waals surface area contributed by atoms with E-state index in [1.807, 2.05) is 0 Å². The van der Waals surface area contributed by atoms with Crippen LogP contribution in [0.2, 0.25) is 0 Å². The lowest BCUT2D eigenvalue weighted by Gasteiger charge is -2.19. The summed E-state index contributed by atoms with van der Waals surface area (Å²) >= 11 is 0. The zero-order valence-corrected chi connectivity index (χ0v) is 22.6. The number of aromatic nitrogens is 2. The van der Waals surface area contributed by atoms with Crippen LogP contribution < -0.4 is 14.0 Å². The number of benzene rings is 2. The highest BCUT2D eigenvalue weighted by atomic mass is 32.1. The van der Waals surface area contributed by atoms with Gasteiger partial charge in [0, 0.05) is 22.3 Å². The fraction of sp³-hybridized carbons (Fsp3) is 0.464. The first kappa shape index (κ1) is 28.8. The Morgan fingerprint density at radius 1 is 0.697 bits per heavy atom. The number of hydrogen-bond acceptors (Lipinski definition) is 1. The molecule has 0 saturated heterocycles. The maximum atomic E-state index is 6.09. The summed E-state index contributed by atoms with van der Waals surface area (Å²) in [7, 11) is 1.78. The van der Waals surface area contributed by atoms with Crippen molar-refractivity contribution >= 4 is 13.5 Å². The summed E-state index contributed by atoms with van der Waals surface area (Å²) in [6.07, 6.45) is 4.32. The first-order valence-corrected chi connectivity index (χ1v) is 11.6. The molecule has 3 rings (SSSR count). The third-order valence-corrected chi connectivity index (χ3v) is 6.13. The number of nitrogens with zero attached hydrogens (tertiary/aromatic N) is 2. The summed E-state index contributed by atoms with van der Waals surface area (Å²) in [5, 5.41) is 0. The Morgan fingerprint density at radius 2 is 1.09 bits per heavy atom. The van der Waals surface area contributed by atoms with Crippen LogP contribution in [0.4, 0.5) is 0 Å². The van der Waals surface area contributed by atoms with Crippen molar-refractivity contribution in [1.82, 2.24) is 4.57 Å². The number of halogens is 1. The summed E-state index contributed by atoms with van der Waals surface area (Å²) in [6.45, 7) is 18.1. The smallest absolute Gasteiger partial charge is 0.466 e. The fourth-order valence-electron chi connectivity index (χ4n) is 4.49. The second-order valence-electron chi connectivity index (χ2n) is 9.71. The van der Waals surface area contributed by atoms with Crippen LogP contribution in [0.25, 0.3) is 11.4 Å². The molecule has 0 aliphatic carbocycles. The van der Waals surface area contributed by atoms with Gasteiger partial charge in [-0.05, 0) is 23.7 Å². The van der Waals surface area contributed by atoms with Gasteiger partial charge in [-0.3, -0.25) is 0 Å². The van der Waals surface area contributed by atoms with E-state index in [1.165, 1.54) is 33.6 Å². The molecule has 33 heavy (non-hydrogen) atoms. The van der Waals surface area contributed by atoms with Gasteiger partial charge in [0.2, 0.25) is 0 Å². The molecule has 182 valence electrons. The molecule has 0 saturated carbocycles. The van der Waals surface area contributed by atoms with Crippen molar-refractivity contribution in [2.24, 2.45) is 0 Å². The lowest BCUT2D eigenvalue weighted by atomic mass is 9.92. The lowest BCUT2D eigenvalue weighted by Crippen LogP contribution is -3.00. The standard InChI is InChI=1S/C28H39N2O.FH.H2S/c1-18(2)22-12-10-13-23(19(3)4)26(22)29-16-17-30(28(29)31-9)27-24(20(5)6)14-11-15-25(27)21(7)8;;/h10-21H,1-9H3;1H;1H2/q+1;;/p-1. The molecule has 1 heterocycles. The number of ether oxygens (including phenoxy) is 1. The molecule has 0 fully saturated rings. The second-order valence-corrected chi connectivity index (χ2v) is 9.71. The van der Waals surface area contributed by atoms with E-state index >= 15 is 0 Å². The molecule has 0 N–H and O–H groups in total. The Labute approximate surface area is 206 Å². The van der Waals surface area contributed by atoms with Crippen molar-refractivity contribution in [2.45, 2.75) is 79.1 Å². The number of rotatable bonds is 7. The Balaban J connectivity index is 0.00000272. The Bertz CT molecular complexity index is 921. The molecule has 0 bridgehead atoms. The van der Waals surface area contributed by atoms with Crippen LogP contribution in [0.5, 0.6) is 6.01 Å². The summed E-state index contributed by atoms with van der Waals surface area (Å²) in [5.41, 5.74) is 7.86. The van der Waals surface area contributed by atoms with Crippen LogP contribution in [-0.4, -0.2) is 11.7 Å². The molecular weight excluding hydrogens is 431 g/mol. The molecule has 2 aromatic carbocycles. The van der Waals surface area contributed by atoms with E-state index < -0.39 is 0 Å². The first-order chi connectivity index (χ1) is 14.7. The molecule has 0 amide bonds. The number of hydrogen-bond donors (Lipinski definition) is 0. The summed E-state index contributed by atoms with van der Waals surface area (Å²) in [6, 6.07) is 14.2. The zero-order chi connectivity index (χ0) is 22.9. The molecular formula is C28H41FN2OS. The van der Waals surface area contributed by atoms with Crippen LogP contribution in [-0.2, 0) is 0 Å². The van der Waals surface area contributed by atoms with Gasteiger partial charge in [0.05, 0.1) is 7.11 Å². The van der Waals surface area contributed by atoms with Crippen molar-refractivity contribution in [3.05, 3.63) is 71.0 Å². The minimum Gasteiger partial charge on any atom is -1.00 e. The average Bonchev–Trinajstić information content (AvgIpc) is 3.15. The third-order valence-electron chi connectivity index (χ3n) is 6.13. The molecule has 0 aliphatic rings. The molecule has 0 aliphatic heterocycles. The summed E-state index contributed by atoms with van der Waals surface area (Å²) in [5.74, 6) is 1.68. The van der Waals surface area contributed by atoms with E-state index in [9.17, 15) is 0 Å². The Morgan fingerprint density at radius 3 is 1.45 bits per heavy atom. The summed E-state index contributed by atoms with van der Waals surface area (Å²) in [4.78, 5) is 0. The predicted octanol–water partition coefficient (Wildman–Crippen LogP) is 4.37. The topological polar surface area (TPSA) is 18.0 Å². The Kier molecular flexibility index (Phi) is 10.2. The zero-order valence-electron chi connectivity index (χ0n) is 21.6. The number of methoxy groups -OCH3 is 1. The monoisotopic (exact) mass is 472 g/mol. The van der Waals surface area contributed by atoms with E-state index in [0.717, 1.165) is 6.01 Å². The molecule has 0 unspecified atom stereocenters. The van der Waals surface area contributed by atoms with Gasteiger partial charge in [-0.15, -0.1) is 0 Å². The van der Waals surface area contributed by atoms with E-state index in [0.29, 0.717) is 23.7 Å². The quantitative estimate of drug-likeness (QED) is 0.467. The van der Waals surface area contributed by atoms with Crippen LogP contribution in [0.3, 0.4) is 0 Å². The minimum atomic E-state index is 0. The normalized spacial score (nSPS) is 11.2. The van der Waals surface area contributed by atoms with Crippen LogP contribution >= 0.6 is 13.5 Å². The largest absolute Gasteiger partial charge is 1.00 e. The van der Waals surface area contributed by atoms with Crippen molar-refractivity contribution in [3.8, 4) is 17.4 Å². The van der Waals surface area contributed by atoms with Gasteiger partial charge in [0.1, 0.15) is 23.8 Å². The number of para-hydroxylation sites is 2. The van der Waals surface area contributed by atoms with E-state index in [4.69, 9.17) is 4.74 Å². The fourth-order valence-corrected chi connectivity index (χ4v) is 4.49. The van der Waals surface area contributed by atoms with Gasteiger partial charge in [0.25, 0.3) is 0 Å². The highest BCUT2D eigenvalue weighted by Crippen LogP contribution is 2.34. The van der Waals surface area contributed by atoms with Crippen molar-refractivity contribution < 1.29 is 14.0 Å². The maximum Gasteiger partial charge on any atom is 0.466 e. The van der Waals surface area contributed by atoms with E-state index in [-0.39, 0.29) is 18.2 Å². The summed E-state index contributed by atoms with van der Waals surface area (Å²) < 4.78 is 10.6. The van der Waals surface area contributed by atoms with E-state index in [2.05, 4.69) is 113 Å². The van der Waals surface area contributed by atoms with Crippen molar-refractivity contribution in [1.29, 1.82) is 0 Å². The van der Waals surface area contributed by atoms with Gasteiger partial charge in [-0.25, -0.2) is 0 Å². The van der Waals surface area contributed by atoms with Gasteiger partial charge in [0.15, 0.2) is 0 Å². The SMILES string of the molecule is COc1n(-c2c(C(C)C)cccc2C(C)C)cc[n+]1-c1c(C(C)C)cccc1C(C)C.S.[F-]. The average molecular weight is 473 g/mol. The van der Waals surface area contributed by atoms with Crippen LogP contribution in [0.15, 0.2) is 48.8 Å². The third kappa shape index (κ3) is 5.46. The van der Waals surface area contributed by atoms with Crippen molar-refractivity contribution in [3.63, 3.8) is 0 Å². The van der Waals surface area contributed by atoms with Gasteiger partial charge in [-0.2, -0.15) is 22.6 Å².